The van der Waals surface area contributed by atoms with Gasteiger partial charge in [-0.25, -0.2) is 0 Å². The summed E-state index contributed by atoms with van der Waals surface area (Å²) < 4.78 is 0. The van der Waals surface area contributed by atoms with Gasteiger partial charge >= 0.3 is 0 Å². The maximum Gasteiger partial charge on any atom is 0.121 e. The van der Waals surface area contributed by atoms with E-state index < -0.39 is 0 Å². The van der Waals surface area contributed by atoms with Crippen molar-refractivity contribution in [3.05, 3.63) is 58.2 Å². The standard InChI is InChI=1S/C16H12Cl2N4/c1-19-9-15-16(21-22-20-15)12-6-11(7-14(18)8-12)10-2-4-13(17)5-3-10/h2-9H,1H3,(H,20,21,22)/b19-9+. The third kappa shape index (κ3) is 3.03. The van der Waals surface area contributed by atoms with E-state index in [-0.39, 0.29) is 0 Å². The highest BCUT2D eigenvalue weighted by molar-refractivity contribution is 6.31. The first-order chi connectivity index (χ1) is 10.7. The minimum atomic E-state index is 0.629. The van der Waals surface area contributed by atoms with Crippen molar-refractivity contribution < 1.29 is 0 Å². The van der Waals surface area contributed by atoms with Crippen LogP contribution in [-0.2, 0) is 0 Å². The molecule has 0 fully saturated rings. The van der Waals surface area contributed by atoms with Crippen LogP contribution in [-0.4, -0.2) is 28.7 Å². The van der Waals surface area contributed by atoms with Crippen molar-refractivity contribution in [2.24, 2.45) is 4.99 Å². The maximum absolute atomic E-state index is 6.26. The lowest BCUT2D eigenvalue weighted by Crippen LogP contribution is -1.88. The SMILES string of the molecule is C/N=C/c1[nH]nnc1-c1cc(Cl)cc(-c2ccc(Cl)cc2)c1. The molecule has 0 amide bonds. The topological polar surface area (TPSA) is 53.9 Å². The Hall–Kier alpha value is -2.17. The zero-order chi connectivity index (χ0) is 15.5. The molecule has 1 aromatic heterocycles. The summed E-state index contributed by atoms with van der Waals surface area (Å²) in [5.74, 6) is 0. The van der Waals surface area contributed by atoms with Crippen LogP contribution in [0.25, 0.3) is 22.4 Å². The first-order valence-electron chi connectivity index (χ1n) is 6.57. The second kappa shape index (κ2) is 6.30. The fraction of sp³-hybridized carbons (Fsp3) is 0.0625. The quantitative estimate of drug-likeness (QED) is 0.719. The highest BCUT2D eigenvalue weighted by Crippen LogP contribution is 2.30. The first kappa shape index (κ1) is 14.8. The van der Waals surface area contributed by atoms with Crippen LogP contribution in [0.15, 0.2) is 47.5 Å². The molecule has 0 aliphatic heterocycles. The normalized spacial score (nSPS) is 11.2. The lowest BCUT2D eigenvalue weighted by atomic mass is 10.0. The summed E-state index contributed by atoms with van der Waals surface area (Å²) in [4.78, 5) is 3.99. The highest BCUT2D eigenvalue weighted by Gasteiger charge is 2.11. The van der Waals surface area contributed by atoms with Gasteiger partial charge in [0.05, 0.1) is 0 Å². The molecule has 0 aliphatic rings. The molecule has 0 saturated carbocycles. The van der Waals surface area contributed by atoms with Gasteiger partial charge in [-0.1, -0.05) is 40.5 Å². The molecule has 1 heterocycles. The molecule has 0 spiro atoms. The second-order valence-corrected chi connectivity index (χ2v) is 5.57. The Balaban J connectivity index is 2.10. The predicted octanol–water partition coefficient (Wildman–Crippen LogP) is 4.49. The molecule has 22 heavy (non-hydrogen) atoms. The maximum atomic E-state index is 6.26. The van der Waals surface area contributed by atoms with Crippen molar-refractivity contribution in [2.75, 3.05) is 7.05 Å². The van der Waals surface area contributed by atoms with Crippen LogP contribution >= 0.6 is 23.2 Å². The van der Waals surface area contributed by atoms with Crippen LogP contribution in [0.5, 0.6) is 0 Å². The lowest BCUT2D eigenvalue weighted by molar-refractivity contribution is 0.940. The van der Waals surface area contributed by atoms with E-state index >= 15 is 0 Å². The van der Waals surface area contributed by atoms with Gasteiger partial charge in [-0.15, -0.1) is 5.10 Å². The molecule has 2 aromatic carbocycles. The van der Waals surface area contributed by atoms with Crippen LogP contribution in [0.4, 0.5) is 0 Å². The van der Waals surface area contributed by atoms with E-state index in [1.807, 2.05) is 42.5 Å². The largest absolute Gasteiger partial charge is 0.294 e. The van der Waals surface area contributed by atoms with Crippen LogP contribution in [0, 0.1) is 0 Å². The van der Waals surface area contributed by atoms with Gasteiger partial charge in [-0.05, 0) is 41.5 Å². The number of halogens is 2. The third-order valence-electron chi connectivity index (χ3n) is 3.18. The number of H-pyrrole nitrogens is 1. The van der Waals surface area contributed by atoms with Crippen molar-refractivity contribution in [3.8, 4) is 22.4 Å². The lowest BCUT2D eigenvalue weighted by Gasteiger charge is -2.06. The van der Waals surface area contributed by atoms with Crippen molar-refractivity contribution in [3.63, 3.8) is 0 Å². The average molecular weight is 331 g/mol. The molecule has 3 aromatic rings. The van der Waals surface area contributed by atoms with Gasteiger partial charge in [0.15, 0.2) is 0 Å². The fourth-order valence-corrected chi connectivity index (χ4v) is 2.56. The number of nitrogens with zero attached hydrogens (tertiary/aromatic N) is 3. The van der Waals surface area contributed by atoms with E-state index in [4.69, 9.17) is 23.2 Å². The minimum Gasteiger partial charge on any atom is -0.294 e. The van der Waals surface area contributed by atoms with E-state index in [0.29, 0.717) is 15.7 Å². The zero-order valence-electron chi connectivity index (χ0n) is 11.7. The Labute approximate surface area is 137 Å². The van der Waals surface area contributed by atoms with Crippen molar-refractivity contribution in [2.45, 2.75) is 0 Å². The summed E-state index contributed by atoms with van der Waals surface area (Å²) in [6, 6.07) is 13.4. The number of aromatic nitrogens is 3. The zero-order valence-corrected chi connectivity index (χ0v) is 13.2. The first-order valence-corrected chi connectivity index (χ1v) is 7.33. The minimum absolute atomic E-state index is 0.629. The van der Waals surface area contributed by atoms with Crippen LogP contribution in [0.2, 0.25) is 10.0 Å². The molecule has 0 radical (unpaired) electrons. The number of rotatable bonds is 3. The number of hydrogen-bond acceptors (Lipinski definition) is 3. The van der Waals surface area contributed by atoms with Crippen LogP contribution in [0.1, 0.15) is 5.69 Å². The van der Waals surface area contributed by atoms with Gasteiger partial charge in [0.2, 0.25) is 0 Å². The average Bonchev–Trinajstić information content (AvgIpc) is 2.96. The Morgan fingerprint density at radius 1 is 0.955 bits per heavy atom. The fourth-order valence-electron chi connectivity index (χ4n) is 2.20. The van der Waals surface area contributed by atoms with Gasteiger partial charge in [0, 0.05) is 28.9 Å². The Kier molecular flexibility index (Phi) is 4.22. The molecule has 110 valence electrons. The number of aromatic amines is 1. The number of nitrogens with one attached hydrogen (secondary N) is 1. The van der Waals surface area contributed by atoms with Crippen molar-refractivity contribution in [1.29, 1.82) is 0 Å². The molecule has 0 saturated heterocycles. The summed E-state index contributed by atoms with van der Waals surface area (Å²) in [5, 5.41) is 12.1. The van der Waals surface area contributed by atoms with E-state index in [2.05, 4.69) is 20.4 Å². The summed E-state index contributed by atoms with van der Waals surface area (Å²) in [7, 11) is 1.70. The molecular weight excluding hydrogens is 319 g/mol. The smallest absolute Gasteiger partial charge is 0.121 e. The van der Waals surface area contributed by atoms with E-state index in [1.165, 1.54) is 0 Å². The van der Waals surface area contributed by atoms with Gasteiger partial charge < -0.3 is 0 Å². The van der Waals surface area contributed by atoms with E-state index in [0.717, 1.165) is 22.4 Å². The monoisotopic (exact) mass is 330 g/mol. The summed E-state index contributed by atoms with van der Waals surface area (Å²) in [6.45, 7) is 0. The molecule has 0 aliphatic carbocycles. The Morgan fingerprint density at radius 2 is 1.68 bits per heavy atom. The molecule has 3 rings (SSSR count). The van der Waals surface area contributed by atoms with Crippen molar-refractivity contribution >= 4 is 29.4 Å². The molecule has 0 atom stereocenters. The third-order valence-corrected chi connectivity index (χ3v) is 3.65. The second-order valence-electron chi connectivity index (χ2n) is 4.70. The van der Waals surface area contributed by atoms with Crippen LogP contribution < -0.4 is 0 Å². The molecular formula is C16H12Cl2N4. The number of aliphatic imine (C=N–C) groups is 1. The van der Waals surface area contributed by atoms with Crippen LogP contribution in [0.3, 0.4) is 0 Å². The van der Waals surface area contributed by atoms with Gasteiger partial charge in [0.1, 0.15) is 11.4 Å². The summed E-state index contributed by atoms with van der Waals surface area (Å²) in [6.07, 6.45) is 1.68. The molecule has 4 nitrogen and oxygen atoms in total. The Morgan fingerprint density at radius 3 is 2.41 bits per heavy atom. The van der Waals surface area contributed by atoms with Gasteiger partial charge in [-0.2, -0.15) is 0 Å². The highest BCUT2D eigenvalue weighted by atomic mass is 35.5. The molecule has 6 heteroatoms. The summed E-state index contributed by atoms with van der Waals surface area (Å²) >= 11 is 12.2. The number of hydrogen-bond donors (Lipinski definition) is 1. The molecule has 0 bridgehead atoms. The van der Waals surface area contributed by atoms with Gasteiger partial charge in [-0.3, -0.25) is 10.1 Å². The number of benzene rings is 2. The van der Waals surface area contributed by atoms with Gasteiger partial charge in [0.25, 0.3) is 0 Å². The predicted molar refractivity (Wildman–Crippen MR) is 90.8 cm³/mol. The Bertz CT molecular complexity index is 822. The molecule has 1 N–H and O–H groups in total. The van der Waals surface area contributed by atoms with E-state index in [9.17, 15) is 0 Å². The van der Waals surface area contributed by atoms with E-state index in [1.54, 1.807) is 13.3 Å². The summed E-state index contributed by atoms with van der Waals surface area (Å²) in [5.41, 5.74) is 4.35. The van der Waals surface area contributed by atoms with Crippen molar-refractivity contribution in [1.82, 2.24) is 15.4 Å². The molecule has 0 unspecified atom stereocenters.